The largest absolute Gasteiger partial charge is 0.494 e. The van der Waals surface area contributed by atoms with Gasteiger partial charge in [-0.25, -0.2) is 0 Å². The SMILES string of the molecule is CCCCOc1ccc(NCC(=O)Nc2ccc(C(=O)N(CCC)CCC)cc2)cc1. The van der Waals surface area contributed by atoms with Crippen LogP contribution in [0.25, 0.3) is 0 Å². The van der Waals surface area contributed by atoms with Crippen LogP contribution in [0.15, 0.2) is 48.5 Å². The Labute approximate surface area is 186 Å². The van der Waals surface area contributed by atoms with Crippen molar-refractivity contribution in [3.8, 4) is 5.75 Å². The molecule has 6 heteroatoms. The van der Waals surface area contributed by atoms with E-state index in [-0.39, 0.29) is 18.4 Å². The van der Waals surface area contributed by atoms with Gasteiger partial charge in [0.05, 0.1) is 13.2 Å². The number of unbranched alkanes of at least 4 members (excludes halogenated alkanes) is 1. The maximum Gasteiger partial charge on any atom is 0.253 e. The molecule has 0 radical (unpaired) electrons. The van der Waals surface area contributed by atoms with Crippen molar-refractivity contribution in [2.45, 2.75) is 46.5 Å². The molecule has 0 heterocycles. The Morgan fingerprint density at radius 1 is 0.839 bits per heavy atom. The summed E-state index contributed by atoms with van der Waals surface area (Å²) in [5.74, 6) is 0.709. The van der Waals surface area contributed by atoms with Crippen LogP contribution in [-0.2, 0) is 4.79 Å². The van der Waals surface area contributed by atoms with Crippen molar-refractivity contribution < 1.29 is 14.3 Å². The first-order valence-electron chi connectivity index (χ1n) is 11.2. The number of anilines is 2. The highest BCUT2D eigenvalue weighted by molar-refractivity contribution is 5.96. The highest BCUT2D eigenvalue weighted by Crippen LogP contribution is 2.16. The lowest BCUT2D eigenvalue weighted by Crippen LogP contribution is -2.32. The van der Waals surface area contributed by atoms with Crippen molar-refractivity contribution in [2.24, 2.45) is 0 Å². The Morgan fingerprint density at radius 2 is 1.45 bits per heavy atom. The summed E-state index contributed by atoms with van der Waals surface area (Å²) < 4.78 is 5.64. The van der Waals surface area contributed by atoms with Gasteiger partial charge in [0.1, 0.15) is 5.75 Å². The smallest absolute Gasteiger partial charge is 0.253 e. The van der Waals surface area contributed by atoms with Gasteiger partial charge in [0, 0.05) is 30.0 Å². The second-order valence-electron chi connectivity index (χ2n) is 7.50. The average molecular weight is 426 g/mol. The summed E-state index contributed by atoms with van der Waals surface area (Å²) in [7, 11) is 0. The zero-order valence-electron chi connectivity index (χ0n) is 18.9. The van der Waals surface area contributed by atoms with E-state index < -0.39 is 0 Å². The Kier molecular flexibility index (Phi) is 10.4. The van der Waals surface area contributed by atoms with Crippen LogP contribution in [0.1, 0.15) is 56.8 Å². The van der Waals surface area contributed by atoms with Crippen LogP contribution in [0, 0.1) is 0 Å². The lowest BCUT2D eigenvalue weighted by Gasteiger charge is -2.21. The number of carbonyl (C=O) groups is 2. The lowest BCUT2D eigenvalue weighted by atomic mass is 10.1. The molecule has 0 atom stereocenters. The second-order valence-corrected chi connectivity index (χ2v) is 7.50. The van der Waals surface area contributed by atoms with Gasteiger partial charge in [0.2, 0.25) is 5.91 Å². The van der Waals surface area contributed by atoms with E-state index in [0.717, 1.165) is 50.2 Å². The molecule has 0 bridgehead atoms. The summed E-state index contributed by atoms with van der Waals surface area (Å²) in [6.07, 6.45) is 4.00. The fourth-order valence-electron chi connectivity index (χ4n) is 3.12. The van der Waals surface area contributed by atoms with E-state index in [0.29, 0.717) is 17.9 Å². The number of hydrogen-bond donors (Lipinski definition) is 2. The minimum Gasteiger partial charge on any atom is -0.494 e. The Hall–Kier alpha value is -3.02. The molecule has 0 aliphatic rings. The highest BCUT2D eigenvalue weighted by Gasteiger charge is 2.14. The summed E-state index contributed by atoms with van der Waals surface area (Å²) >= 11 is 0. The molecule has 168 valence electrons. The van der Waals surface area contributed by atoms with Gasteiger partial charge in [-0.1, -0.05) is 27.2 Å². The molecule has 0 spiro atoms. The molecular formula is C25H35N3O3. The maximum atomic E-state index is 12.6. The Balaban J connectivity index is 1.82. The molecule has 0 fully saturated rings. The zero-order chi connectivity index (χ0) is 22.5. The summed E-state index contributed by atoms with van der Waals surface area (Å²) in [5, 5.41) is 5.96. The number of benzene rings is 2. The van der Waals surface area contributed by atoms with E-state index in [2.05, 4.69) is 31.4 Å². The lowest BCUT2D eigenvalue weighted by molar-refractivity contribution is -0.114. The molecular weight excluding hydrogens is 390 g/mol. The Bertz CT molecular complexity index is 798. The molecule has 2 aromatic carbocycles. The van der Waals surface area contributed by atoms with E-state index in [1.165, 1.54) is 0 Å². The van der Waals surface area contributed by atoms with Gasteiger partial charge >= 0.3 is 0 Å². The van der Waals surface area contributed by atoms with Crippen molar-refractivity contribution in [3.05, 3.63) is 54.1 Å². The molecule has 0 unspecified atom stereocenters. The number of nitrogens with zero attached hydrogens (tertiary/aromatic N) is 1. The van der Waals surface area contributed by atoms with Crippen molar-refractivity contribution >= 4 is 23.2 Å². The Morgan fingerprint density at radius 3 is 2.03 bits per heavy atom. The van der Waals surface area contributed by atoms with Gasteiger partial charge in [0.25, 0.3) is 5.91 Å². The van der Waals surface area contributed by atoms with Gasteiger partial charge in [-0.15, -0.1) is 0 Å². The third-order valence-electron chi connectivity index (χ3n) is 4.76. The van der Waals surface area contributed by atoms with E-state index >= 15 is 0 Å². The van der Waals surface area contributed by atoms with Crippen molar-refractivity contribution in [1.29, 1.82) is 0 Å². The number of ether oxygens (including phenoxy) is 1. The molecule has 0 saturated heterocycles. The van der Waals surface area contributed by atoms with Crippen LogP contribution < -0.4 is 15.4 Å². The first kappa shape index (κ1) is 24.3. The molecule has 2 rings (SSSR count). The number of hydrogen-bond acceptors (Lipinski definition) is 4. The van der Waals surface area contributed by atoms with E-state index in [1.54, 1.807) is 24.3 Å². The normalized spacial score (nSPS) is 10.4. The third kappa shape index (κ3) is 8.32. The van der Waals surface area contributed by atoms with Crippen LogP contribution in [0.2, 0.25) is 0 Å². The van der Waals surface area contributed by atoms with Gasteiger partial charge in [-0.3, -0.25) is 9.59 Å². The summed E-state index contributed by atoms with van der Waals surface area (Å²) in [5.41, 5.74) is 2.16. The summed E-state index contributed by atoms with van der Waals surface area (Å²) in [4.78, 5) is 26.8. The number of amides is 2. The van der Waals surface area contributed by atoms with Crippen LogP contribution in [0.5, 0.6) is 5.75 Å². The first-order valence-corrected chi connectivity index (χ1v) is 11.2. The molecule has 31 heavy (non-hydrogen) atoms. The monoisotopic (exact) mass is 425 g/mol. The maximum absolute atomic E-state index is 12.6. The molecule has 0 saturated carbocycles. The molecule has 6 nitrogen and oxygen atoms in total. The van der Waals surface area contributed by atoms with Gasteiger partial charge in [-0.2, -0.15) is 0 Å². The quantitative estimate of drug-likeness (QED) is 0.434. The second kappa shape index (κ2) is 13.3. The van der Waals surface area contributed by atoms with Crippen molar-refractivity contribution in [1.82, 2.24) is 4.90 Å². The van der Waals surface area contributed by atoms with E-state index in [9.17, 15) is 9.59 Å². The minimum absolute atomic E-state index is 0.0327. The summed E-state index contributed by atoms with van der Waals surface area (Å²) in [6.45, 7) is 8.63. The number of carbonyl (C=O) groups excluding carboxylic acids is 2. The summed E-state index contributed by atoms with van der Waals surface area (Å²) in [6, 6.07) is 14.6. The highest BCUT2D eigenvalue weighted by atomic mass is 16.5. The van der Waals surface area contributed by atoms with Crippen LogP contribution >= 0.6 is 0 Å². The van der Waals surface area contributed by atoms with Gasteiger partial charge in [0.15, 0.2) is 0 Å². The van der Waals surface area contributed by atoms with Crippen molar-refractivity contribution in [2.75, 3.05) is 36.9 Å². The first-order chi connectivity index (χ1) is 15.1. The van der Waals surface area contributed by atoms with Crippen LogP contribution in [-0.4, -0.2) is 43.0 Å². The fraction of sp³-hybridized carbons (Fsp3) is 0.440. The van der Waals surface area contributed by atoms with Crippen LogP contribution in [0.3, 0.4) is 0 Å². The molecule has 2 N–H and O–H groups in total. The van der Waals surface area contributed by atoms with E-state index in [1.807, 2.05) is 29.2 Å². The van der Waals surface area contributed by atoms with Crippen LogP contribution in [0.4, 0.5) is 11.4 Å². The fourth-order valence-corrected chi connectivity index (χ4v) is 3.12. The standard InChI is InChI=1S/C25H35N3O3/c1-4-7-18-31-23-14-12-21(13-15-23)26-19-24(29)27-22-10-8-20(9-11-22)25(30)28(16-5-2)17-6-3/h8-15,26H,4-7,16-19H2,1-3H3,(H,27,29). The predicted octanol–water partition coefficient (Wildman–Crippen LogP) is 5.18. The average Bonchev–Trinajstić information content (AvgIpc) is 2.78. The molecule has 0 aliphatic heterocycles. The number of rotatable bonds is 13. The van der Waals surface area contributed by atoms with Gasteiger partial charge < -0.3 is 20.3 Å². The third-order valence-corrected chi connectivity index (χ3v) is 4.76. The minimum atomic E-state index is -0.152. The molecule has 2 aromatic rings. The van der Waals surface area contributed by atoms with Gasteiger partial charge in [-0.05, 0) is 67.8 Å². The number of nitrogens with one attached hydrogen (secondary N) is 2. The topological polar surface area (TPSA) is 70.7 Å². The van der Waals surface area contributed by atoms with Crippen molar-refractivity contribution in [3.63, 3.8) is 0 Å². The zero-order valence-corrected chi connectivity index (χ0v) is 18.9. The van der Waals surface area contributed by atoms with E-state index in [4.69, 9.17) is 4.74 Å². The molecule has 0 aromatic heterocycles. The predicted molar refractivity (Wildman–Crippen MR) is 127 cm³/mol. The molecule has 0 aliphatic carbocycles. The molecule has 2 amide bonds.